The van der Waals surface area contributed by atoms with Crippen LogP contribution in [-0.4, -0.2) is 16.1 Å². The lowest BCUT2D eigenvalue weighted by atomic mass is 10.3. The van der Waals surface area contributed by atoms with Crippen LogP contribution >= 0.6 is 15.9 Å². The second-order valence-corrected chi connectivity index (χ2v) is 2.63. The number of carboxylic acid groups (broad SMARTS) is 1. The van der Waals surface area contributed by atoms with Gasteiger partial charge in [0.25, 0.3) is 0 Å². The minimum Gasteiger partial charge on any atom is -0.477 e. The molecule has 0 unspecified atom stereocenters. The number of rotatable bonds is 1. The van der Waals surface area contributed by atoms with Gasteiger partial charge in [0.05, 0.1) is 4.47 Å². The molecule has 3 nitrogen and oxygen atoms in total. The summed E-state index contributed by atoms with van der Waals surface area (Å²) >= 11 is 2.85. The SMILES string of the molecule is O=C(O)c1ccc(Br)c(F)n1. The van der Waals surface area contributed by atoms with Gasteiger partial charge < -0.3 is 5.11 Å². The van der Waals surface area contributed by atoms with Crippen LogP contribution in [0.5, 0.6) is 0 Å². The van der Waals surface area contributed by atoms with E-state index < -0.39 is 11.9 Å². The van der Waals surface area contributed by atoms with Crippen LogP contribution in [0.3, 0.4) is 0 Å². The summed E-state index contributed by atoms with van der Waals surface area (Å²) in [5.74, 6) is -2.05. The van der Waals surface area contributed by atoms with Crippen LogP contribution in [-0.2, 0) is 0 Å². The number of hydrogen-bond donors (Lipinski definition) is 1. The molecule has 1 aromatic rings. The molecule has 5 heteroatoms. The molecule has 58 valence electrons. The Labute approximate surface area is 70.0 Å². The maximum Gasteiger partial charge on any atom is 0.354 e. The second-order valence-electron chi connectivity index (χ2n) is 1.77. The molecule has 0 bridgehead atoms. The van der Waals surface area contributed by atoms with Crippen LogP contribution in [0, 0.1) is 5.95 Å². The average molecular weight is 220 g/mol. The number of carboxylic acids is 1. The fourth-order valence-corrected chi connectivity index (χ4v) is 0.757. The molecule has 1 N–H and O–H groups in total. The van der Waals surface area contributed by atoms with E-state index in [9.17, 15) is 9.18 Å². The van der Waals surface area contributed by atoms with E-state index in [4.69, 9.17) is 5.11 Å². The van der Waals surface area contributed by atoms with E-state index in [0.717, 1.165) is 0 Å². The van der Waals surface area contributed by atoms with Gasteiger partial charge in [0.15, 0.2) is 5.69 Å². The Morgan fingerprint density at radius 3 is 2.73 bits per heavy atom. The molecule has 0 aliphatic rings. The highest BCUT2D eigenvalue weighted by atomic mass is 79.9. The molecule has 0 amide bonds. The van der Waals surface area contributed by atoms with Crippen molar-refractivity contribution in [2.24, 2.45) is 0 Å². The molecule has 1 rings (SSSR count). The van der Waals surface area contributed by atoms with Gasteiger partial charge in [-0.2, -0.15) is 4.39 Å². The quantitative estimate of drug-likeness (QED) is 0.732. The van der Waals surface area contributed by atoms with Gasteiger partial charge in [0.2, 0.25) is 5.95 Å². The van der Waals surface area contributed by atoms with Crippen LogP contribution in [0.1, 0.15) is 10.5 Å². The standard InChI is InChI=1S/C6H3BrFNO2/c7-3-1-2-4(6(10)11)9-5(3)8/h1-2H,(H,10,11). The Bertz CT molecular complexity index is 303. The van der Waals surface area contributed by atoms with Crippen molar-refractivity contribution >= 4 is 21.9 Å². The number of carbonyl (C=O) groups is 1. The largest absolute Gasteiger partial charge is 0.477 e. The molecular weight excluding hydrogens is 217 g/mol. The van der Waals surface area contributed by atoms with Crippen molar-refractivity contribution in [2.45, 2.75) is 0 Å². The van der Waals surface area contributed by atoms with Crippen LogP contribution in [0.15, 0.2) is 16.6 Å². The molecule has 0 saturated carbocycles. The smallest absolute Gasteiger partial charge is 0.354 e. The molecule has 1 aromatic heterocycles. The average Bonchev–Trinajstić information content (AvgIpc) is 1.94. The highest BCUT2D eigenvalue weighted by Crippen LogP contribution is 2.12. The van der Waals surface area contributed by atoms with Gasteiger partial charge in [-0.1, -0.05) is 0 Å². The van der Waals surface area contributed by atoms with E-state index in [0.29, 0.717) is 0 Å². The van der Waals surface area contributed by atoms with E-state index in [1.807, 2.05) is 0 Å². The molecule has 0 aromatic carbocycles. The van der Waals surface area contributed by atoms with Crippen molar-refractivity contribution < 1.29 is 14.3 Å². The molecule has 0 aliphatic carbocycles. The lowest BCUT2D eigenvalue weighted by Gasteiger charge is -1.94. The molecule has 0 radical (unpaired) electrons. The van der Waals surface area contributed by atoms with E-state index in [2.05, 4.69) is 20.9 Å². The topological polar surface area (TPSA) is 50.2 Å². The maximum absolute atomic E-state index is 12.5. The maximum atomic E-state index is 12.5. The summed E-state index contributed by atoms with van der Waals surface area (Å²) in [7, 11) is 0. The molecular formula is C6H3BrFNO2. The minimum absolute atomic E-state index is 0.155. The van der Waals surface area contributed by atoms with Crippen molar-refractivity contribution in [3.8, 4) is 0 Å². The fraction of sp³-hybridized carbons (Fsp3) is 0. The predicted octanol–water partition coefficient (Wildman–Crippen LogP) is 1.68. The summed E-state index contributed by atoms with van der Waals surface area (Å²) in [6.07, 6.45) is 0. The van der Waals surface area contributed by atoms with Gasteiger partial charge in [-0.05, 0) is 28.1 Å². The Morgan fingerprint density at radius 1 is 1.64 bits per heavy atom. The van der Waals surface area contributed by atoms with Gasteiger partial charge in [0.1, 0.15) is 0 Å². The first-order valence-corrected chi connectivity index (χ1v) is 3.46. The number of nitrogens with zero attached hydrogens (tertiary/aromatic N) is 1. The van der Waals surface area contributed by atoms with Gasteiger partial charge in [-0.25, -0.2) is 9.78 Å². The van der Waals surface area contributed by atoms with Gasteiger partial charge >= 0.3 is 5.97 Å². The third-order valence-corrected chi connectivity index (χ3v) is 1.61. The van der Waals surface area contributed by atoms with E-state index in [1.54, 1.807) is 0 Å². The normalized spacial score (nSPS) is 9.64. The Balaban J connectivity index is 3.15. The lowest BCUT2D eigenvalue weighted by Crippen LogP contribution is -2.01. The zero-order valence-corrected chi connectivity index (χ0v) is 6.80. The molecule has 1 heterocycles. The van der Waals surface area contributed by atoms with Gasteiger partial charge in [-0.3, -0.25) is 0 Å². The first-order chi connectivity index (χ1) is 5.11. The summed E-state index contributed by atoms with van der Waals surface area (Å²) in [6, 6.07) is 2.52. The zero-order valence-electron chi connectivity index (χ0n) is 5.21. The molecule has 0 saturated heterocycles. The van der Waals surface area contributed by atoms with Crippen molar-refractivity contribution in [1.82, 2.24) is 4.98 Å². The zero-order chi connectivity index (χ0) is 8.43. The second kappa shape index (κ2) is 2.96. The highest BCUT2D eigenvalue weighted by molar-refractivity contribution is 9.10. The van der Waals surface area contributed by atoms with E-state index in [1.165, 1.54) is 12.1 Å². The van der Waals surface area contributed by atoms with Gasteiger partial charge in [-0.15, -0.1) is 0 Å². The number of halogens is 2. The number of hydrogen-bond acceptors (Lipinski definition) is 2. The Kier molecular flexibility index (Phi) is 2.19. The van der Waals surface area contributed by atoms with E-state index in [-0.39, 0.29) is 10.2 Å². The molecule has 0 aliphatic heterocycles. The molecule has 0 spiro atoms. The summed E-state index contributed by atoms with van der Waals surface area (Å²) < 4.78 is 12.7. The number of pyridine rings is 1. The van der Waals surface area contributed by atoms with Crippen molar-refractivity contribution in [1.29, 1.82) is 0 Å². The Hall–Kier alpha value is -0.970. The summed E-state index contributed by atoms with van der Waals surface area (Å²) in [4.78, 5) is 13.4. The molecule has 11 heavy (non-hydrogen) atoms. The molecule has 0 fully saturated rings. The number of aromatic carboxylic acids is 1. The first kappa shape index (κ1) is 8.13. The predicted molar refractivity (Wildman–Crippen MR) is 38.9 cm³/mol. The first-order valence-electron chi connectivity index (χ1n) is 2.66. The molecule has 0 atom stereocenters. The van der Waals surface area contributed by atoms with Gasteiger partial charge in [0, 0.05) is 0 Å². The van der Waals surface area contributed by atoms with Crippen LogP contribution in [0.2, 0.25) is 0 Å². The van der Waals surface area contributed by atoms with Crippen LogP contribution in [0.4, 0.5) is 4.39 Å². The van der Waals surface area contributed by atoms with Crippen LogP contribution in [0.25, 0.3) is 0 Å². The Morgan fingerprint density at radius 2 is 2.27 bits per heavy atom. The monoisotopic (exact) mass is 219 g/mol. The third kappa shape index (κ3) is 1.74. The minimum atomic E-state index is -1.24. The lowest BCUT2D eigenvalue weighted by molar-refractivity contribution is 0.0689. The fourth-order valence-electron chi connectivity index (χ4n) is 0.536. The van der Waals surface area contributed by atoms with Crippen molar-refractivity contribution in [3.63, 3.8) is 0 Å². The van der Waals surface area contributed by atoms with Crippen molar-refractivity contribution in [3.05, 3.63) is 28.2 Å². The van der Waals surface area contributed by atoms with E-state index >= 15 is 0 Å². The summed E-state index contributed by atoms with van der Waals surface area (Å²) in [6.45, 7) is 0. The third-order valence-electron chi connectivity index (χ3n) is 1.02. The summed E-state index contributed by atoms with van der Waals surface area (Å²) in [5.41, 5.74) is -0.300. The van der Waals surface area contributed by atoms with Crippen molar-refractivity contribution in [2.75, 3.05) is 0 Å². The summed E-state index contributed by atoms with van der Waals surface area (Å²) in [5, 5.41) is 8.36. The number of aromatic nitrogens is 1. The highest BCUT2D eigenvalue weighted by Gasteiger charge is 2.07. The van der Waals surface area contributed by atoms with Crippen LogP contribution < -0.4 is 0 Å².